The summed E-state index contributed by atoms with van der Waals surface area (Å²) in [5, 5.41) is 2.50. The summed E-state index contributed by atoms with van der Waals surface area (Å²) < 4.78 is 65.9. The molecule has 0 unspecified atom stereocenters. The summed E-state index contributed by atoms with van der Waals surface area (Å²) in [6.07, 6.45) is 1.81. The number of anilines is 1. The van der Waals surface area contributed by atoms with Crippen molar-refractivity contribution in [2.75, 3.05) is 30.3 Å². The second-order valence-electron chi connectivity index (χ2n) is 10.3. The van der Waals surface area contributed by atoms with Gasteiger partial charge in [-0.25, -0.2) is 22.7 Å². The van der Waals surface area contributed by atoms with Gasteiger partial charge in [0.15, 0.2) is 0 Å². The molecule has 3 heterocycles. The zero-order valence-electron chi connectivity index (χ0n) is 24.4. The largest absolute Gasteiger partial charge is 0.422 e. The fraction of sp³-hybridized carbons (Fsp3) is 0.429. The van der Waals surface area contributed by atoms with Gasteiger partial charge in [0.05, 0.1) is 16.2 Å². The lowest BCUT2D eigenvalue weighted by Crippen LogP contribution is -2.32. The van der Waals surface area contributed by atoms with Gasteiger partial charge in [-0.15, -0.1) is 16.4 Å². The molecule has 1 aliphatic rings. The van der Waals surface area contributed by atoms with Crippen LogP contribution in [0.15, 0.2) is 49.8 Å². The lowest BCUT2D eigenvalue weighted by molar-refractivity contribution is -0.197. The van der Waals surface area contributed by atoms with Crippen molar-refractivity contribution in [1.82, 2.24) is 9.79 Å². The van der Waals surface area contributed by atoms with E-state index in [1.807, 2.05) is 11.8 Å². The Labute approximate surface area is 263 Å². The van der Waals surface area contributed by atoms with Gasteiger partial charge in [0.25, 0.3) is 21.9 Å². The van der Waals surface area contributed by atoms with E-state index < -0.39 is 43.6 Å². The number of hydrogen-bond acceptors (Lipinski definition) is 12. The second-order valence-corrected chi connectivity index (χ2v) is 14.5. The molecular formula is C28H33N3O11S3. The average molecular weight is 684 g/mol. The van der Waals surface area contributed by atoms with E-state index in [1.54, 1.807) is 18.2 Å². The number of hydroxylamine groups is 2. The van der Waals surface area contributed by atoms with Gasteiger partial charge in [0.2, 0.25) is 10.0 Å². The van der Waals surface area contributed by atoms with Gasteiger partial charge in [0.1, 0.15) is 10.5 Å². The summed E-state index contributed by atoms with van der Waals surface area (Å²) in [4.78, 5) is 54.0. The molecule has 0 atom stereocenters. The minimum absolute atomic E-state index is 0.000384. The highest BCUT2D eigenvalue weighted by Gasteiger charge is 2.32. The summed E-state index contributed by atoms with van der Waals surface area (Å²) in [5.74, 6) is -1.89. The van der Waals surface area contributed by atoms with Gasteiger partial charge in [0, 0.05) is 56.0 Å². The number of thiophene rings is 1. The third kappa shape index (κ3) is 8.97. The molecular weight excluding hydrogens is 651 g/mol. The van der Waals surface area contributed by atoms with E-state index in [0.29, 0.717) is 54.9 Å². The number of sulfonamides is 1. The number of carbonyl (C=O) groups is 3. The van der Waals surface area contributed by atoms with Crippen molar-refractivity contribution < 1.29 is 45.0 Å². The van der Waals surface area contributed by atoms with E-state index in [2.05, 4.69) is 4.72 Å². The predicted molar refractivity (Wildman–Crippen MR) is 166 cm³/mol. The third-order valence-corrected chi connectivity index (χ3v) is 10.5. The van der Waals surface area contributed by atoms with Crippen LogP contribution in [0.5, 0.6) is 0 Å². The molecule has 17 heteroatoms. The molecule has 2 aromatic heterocycles. The first-order chi connectivity index (χ1) is 21.3. The van der Waals surface area contributed by atoms with Crippen LogP contribution in [0, 0.1) is 0 Å². The van der Waals surface area contributed by atoms with Crippen LogP contribution in [0.25, 0.3) is 21.4 Å². The second kappa shape index (κ2) is 14.6. The van der Waals surface area contributed by atoms with Gasteiger partial charge in [-0.3, -0.25) is 14.1 Å². The number of amides is 2. The SMILES string of the molecule is CCN(CCCS(=O)(=O)NCCCCCC(=O)ON1C(=O)CCC1=O)c1ccc2cc(-c3sccc3S(=O)(=O)O)c(=O)oc2c1. The fourth-order valence-electron chi connectivity index (χ4n) is 4.74. The summed E-state index contributed by atoms with van der Waals surface area (Å²) in [6, 6.07) is 7.88. The highest BCUT2D eigenvalue weighted by Crippen LogP contribution is 2.33. The minimum atomic E-state index is -4.53. The number of benzene rings is 1. The smallest absolute Gasteiger partial charge is 0.345 e. The number of hydrogen-bond donors (Lipinski definition) is 2. The number of nitrogens with zero attached hydrogens (tertiary/aromatic N) is 2. The van der Waals surface area contributed by atoms with Gasteiger partial charge in [-0.05, 0) is 55.8 Å². The van der Waals surface area contributed by atoms with E-state index in [0.717, 1.165) is 11.3 Å². The van der Waals surface area contributed by atoms with E-state index in [4.69, 9.17) is 9.25 Å². The van der Waals surface area contributed by atoms with Gasteiger partial charge >= 0.3 is 11.6 Å². The summed E-state index contributed by atoms with van der Waals surface area (Å²) in [7, 11) is -8.08. The molecule has 1 aliphatic heterocycles. The molecule has 0 saturated carbocycles. The summed E-state index contributed by atoms with van der Waals surface area (Å²) in [6.45, 7) is 3.06. The molecule has 1 fully saturated rings. The zero-order valence-corrected chi connectivity index (χ0v) is 26.8. The van der Waals surface area contributed by atoms with Crippen molar-refractivity contribution in [3.63, 3.8) is 0 Å². The maximum atomic E-state index is 12.7. The lowest BCUT2D eigenvalue weighted by Gasteiger charge is -2.23. The first-order valence-electron chi connectivity index (χ1n) is 14.2. The highest BCUT2D eigenvalue weighted by molar-refractivity contribution is 7.89. The third-order valence-electron chi connectivity index (χ3n) is 7.04. The van der Waals surface area contributed by atoms with Crippen molar-refractivity contribution in [3.05, 3.63) is 46.1 Å². The highest BCUT2D eigenvalue weighted by atomic mass is 32.2. The van der Waals surface area contributed by atoms with Crippen LogP contribution in [0.3, 0.4) is 0 Å². The van der Waals surface area contributed by atoms with Crippen LogP contribution in [0.2, 0.25) is 0 Å². The Bertz CT molecular complexity index is 1830. The van der Waals surface area contributed by atoms with Crippen LogP contribution in [0.1, 0.15) is 51.9 Å². The van der Waals surface area contributed by atoms with Crippen LogP contribution >= 0.6 is 11.3 Å². The normalized spacial score (nSPS) is 14.0. The Kier molecular flexibility index (Phi) is 11.1. The minimum Gasteiger partial charge on any atom is -0.422 e. The first kappa shape index (κ1) is 34.2. The molecule has 3 aromatic rings. The van der Waals surface area contributed by atoms with Crippen molar-refractivity contribution in [3.8, 4) is 10.4 Å². The van der Waals surface area contributed by atoms with Crippen LogP contribution in [0.4, 0.5) is 5.69 Å². The molecule has 2 amide bonds. The van der Waals surface area contributed by atoms with Crippen molar-refractivity contribution in [1.29, 1.82) is 0 Å². The summed E-state index contributed by atoms with van der Waals surface area (Å²) in [5.41, 5.74) is 0.226. The molecule has 0 aliphatic carbocycles. The molecule has 45 heavy (non-hydrogen) atoms. The Balaban J connectivity index is 1.24. The molecule has 0 spiro atoms. The topological polar surface area (TPSA) is 198 Å². The Hall–Kier alpha value is -3.64. The van der Waals surface area contributed by atoms with Crippen LogP contribution in [-0.4, -0.2) is 69.6 Å². The van der Waals surface area contributed by atoms with Crippen LogP contribution in [-0.2, 0) is 39.4 Å². The number of imide groups is 1. The van der Waals surface area contributed by atoms with Crippen molar-refractivity contribution >= 4 is 65.9 Å². The molecule has 1 aromatic carbocycles. The van der Waals surface area contributed by atoms with E-state index >= 15 is 0 Å². The van der Waals surface area contributed by atoms with E-state index in [1.165, 1.54) is 17.5 Å². The fourth-order valence-corrected chi connectivity index (χ4v) is 7.78. The molecule has 1 saturated heterocycles. The van der Waals surface area contributed by atoms with Crippen LogP contribution < -0.4 is 15.2 Å². The van der Waals surface area contributed by atoms with Gasteiger partial charge in [-0.2, -0.15) is 8.42 Å². The Morgan fingerprint density at radius 3 is 2.47 bits per heavy atom. The Morgan fingerprint density at radius 1 is 1.04 bits per heavy atom. The average Bonchev–Trinajstić information content (AvgIpc) is 3.59. The lowest BCUT2D eigenvalue weighted by atomic mass is 10.1. The van der Waals surface area contributed by atoms with Gasteiger partial charge < -0.3 is 14.2 Å². The maximum absolute atomic E-state index is 12.7. The maximum Gasteiger partial charge on any atom is 0.345 e. The molecule has 4 rings (SSSR count). The zero-order chi connectivity index (χ0) is 32.8. The molecule has 0 radical (unpaired) electrons. The summed E-state index contributed by atoms with van der Waals surface area (Å²) >= 11 is 0.990. The first-order valence-corrected chi connectivity index (χ1v) is 18.2. The Morgan fingerprint density at radius 2 is 1.78 bits per heavy atom. The standard InChI is InChI=1S/C28H33N3O11S3/c1-2-30(14-6-16-44(36,37)29-13-5-3-4-7-26(34)42-31-24(32)10-11-25(31)33)20-9-8-19-17-21(28(35)41-22(19)18-20)27-23(12-15-43-27)45(38,39)40/h8-9,12,15,17-18,29H,2-7,10-11,13-14,16H2,1H3,(H,38,39,40). The molecule has 14 nitrogen and oxygen atoms in total. The number of nitrogens with one attached hydrogen (secondary N) is 1. The number of rotatable bonds is 16. The molecule has 244 valence electrons. The van der Waals surface area contributed by atoms with E-state index in [-0.39, 0.29) is 52.5 Å². The molecule has 0 bridgehead atoms. The number of carbonyl (C=O) groups excluding carboxylic acids is 3. The monoisotopic (exact) mass is 683 g/mol. The number of fused-ring (bicyclic) bond motifs is 1. The van der Waals surface area contributed by atoms with Gasteiger partial charge in [-0.1, -0.05) is 6.42 Å². The number of unbranched alkanes of at least 4 members (excludes halogenated alkanes) is 2. The van der Waals surface area contributed by atoms with Crippen molar-refractivity contribution in [2.45, 2.75) is 56.8 Å². The van der Waals surface area contributed by atoms with Crippen molar-refractivity contribution in [2.24, 2.45) is 0 Å². The predicted octanol–water partition coefficient (Wildman–Crippen LogP) is 3.07. The van der Waals surface area contributed by atoms with E-state index in [9.17, 15) is 40.6 Å². The molecule has 2 N–H and O–H groups in total. The quantitative estimate of drug-likeness (QED) is 0.0970.